The summed E-state index contributed by atoms with van der Waals surface area (Å²) in [5, 5.41) is 0.786. The largest absolute Gasteiger partial charge is 0.298 e. The van der Waals surface area contributed by atoms with E-state index >= 15 is 0 Å². The maximum absolute atomic E-state index is 6.11. The van der Waals surface area contributed by atoms with Gasteiger partial charge in [0.2, 0.25) is 0 Å². The normalized spacial score (nSPS) is 11.2. The predicted octanol–water partition coefficient (Wildman–Crippen LogP) is 6.47. The Kier molecular flexibility index (Phi) is 6.88. The molecule has 3 heteroatoms. The Hall–Kier alpha value is -2.16. The van der Waals surface area contributed by atoms with Gasteiger partial charge in [0.25, 0.3) is 0 Å². The third kappa shape index (κ3) is 4.81. The van der Waals surface area contributed by atoms with E-state index in [2.05, 4.69) is 69.1 Å². The van der Waals surface area contributed by atoms with Gasteiger partial charge < -0.3 is 0 Å². The molecule has 0 atom stereocenters. The molecule has 0 radical (unpaired) electrons. The number of aryl methyl sites for hydroxylation is 3. The van der Waals surface area contributed by atoms with Crippen molar-refractivity contribution in [3.05, 3.63) is 87.6 Å². The lowest BCUT2D eigenvalue weighted by Gasteiger charge is -2.19. The molecule has 0 unspecified atom stereocenters. The number of rotatable bonds is 7. The van der Waals surface area contributed by atoms with E-state index in [9.17, 15) is 0 Å². The lowest BCUT2D eigenvalue weighted by atomic mass is 9.94. The molecule has 0 bridgehead atoms. The molecular formula is C25H29ClN2. The number of aromatic nitrogens is 1. The van der Waals surface area contributed by atoms with Crippen LogP contribution < -0.4 is 0 Å². The van der Waals surface area contributed by atoms with Crippen molar-refractivity contribution >= 4 is 11.6 Å². The second-order valence-corrected chi connectivity index (χ2v) is 7.84. The summed E-state index contributed by atoms with van der Waals surface area (Å²) in [6.45, 7) is 8.27. The molecule has 0 amide bonds. The van der Waals surface area contributed by atoms with E-state index < -0.39 is 0 Å². The third-order valence-electron chi connectivity index (χ3n) is 5.23. The van der Waals surface area contributed by atoms with Crippen molar-refractivity contribution in [1.82, 2.24) is 9.88 Å². The van der Waals surface area contributed by atoms with Crippen LogP contribution in [0, 0.1) is 6.92 Å². The van der Waals surface area contributed by atoms with Gasteiger partial charge in [0.15, 0.2) is 0 Å². The number of hydrogen-bond donors (Lipinski definition) is 0. The van der Waals surface area contributed by atoms with Gasteiger partial charge in [-0.05, 0) is 67.3 Å². The molecule has 3 aromatic rings. The predicted molar refractivity (Wildman–Crippen MR) is 120 cm³/mol. The van der Waals surface area contributed by atoms with Crippen LogP contribution in [0.5, 0.6) is 0 Å². The molecule has 0 spiro atoms. The highest BCUT2D eigenvalue weighted by Gasteiger charge is 2.12. The van der Waals surface area contributed by atoms with Crippen molar-refractivity contribution in [2.45, 2.75) is 46.7 Å². The zero-order chi connectivity index (χ0) is 20.1. The van der Waals surface area contributed by atoms with Crippen LogP contribution in [0.25, 0.3) is 11.3 Å². The highest BCUT2D eigenvalue weighted by atomic mass is 35.5. The van der Waals surface area contributed by atoms with Gasteiger partial charge in [-0.25, -0.2) is 0 Å². The number of nitrogens with zero attached hydrogens (tertiary/aromatic N) is 2. The van der Waals surface area contributed by atoms with Gasteiger partial charge in [0.05, 0.1) is 5.69 Å². The summed E-state index contributed by atoms with van der Waals surface area (Å²) in [7, 11) is 2.13. The van der Waals surface area contributed by atoms with E-state index in [0.29, 0.717) is 0 Å². The van der Waals surface area contributed by atoms with Crippen LogP contribution in [0.1, 0.15) is 41.8 Å². The number of benzene rings is 2. The smallest absolute Gasteiger partial charge is 0.0710 e. The first kappa shape index (κ1) is 20.6. The second-order valence-electron chi connectivity index (χ2n) is 7.40. The van der Waals surface area contributed by atoms with Crippen LogP contribution in [0.4, 0.5) is 0 Å². The SMILES string of the molecule is CCc1cccc(CC)c1-c1ccc(CN(C)Cc2cccc(Cl)c2)c(C)n1. The van der Waals surface area contributed by atoms with Crippen LogP contribution in [0.3, 0.4) is 0 Å². The van der Waals surface area contributed by atoms with E-state index in [1.165, 1.54) is 27.8 Å². The molecule has 28 heavy (non-hydrogen) atoms. The third-order valence-corrected chi connectivity index (χ3v) is 5.47. The zero-order valence-corrected chi connectivity index (χ0v) is 18.1. The fourth-order valence-corrected chi connectivity index (χ4v) is 3.97. The molecule has 0 aliphatic rings. The molecule has 2 aromatic carbocycles. The Labute approximate surface area is 174 Å². The van der Waals surface area contributed by atoms with Gasteiger partial charge in [0, 0.05) is 29.4 Å². The lowest BCUT2D eigenvalue weighted by Crippen LogP contribution is -2.18. The summed E-state index contributed by atoms with van der Waals surface area (Å²) in [5.41, 5.74) is 8.74. The average molecular weight is 393 g/mol. The van der Waals surface area contributed by atoms with E-state index in [0.717, 1.165) is 42.3 Å². The second kappa shape index (κ2) is 9.36. The van der Waals surface area contributed by atoms with Crippen molar-refractivity contribution in [3.63, 3.8) is 0 Å². The molecule has 0 aliphatic carbocycles. The zero-order valence-electron chi connectivity index (χ0n) is 17.3. The first-order valence-electron chi connectivity index (χ1n) is 10.0. The minimum Gasteiger partial charge on any atom is -0.298 e. The van der Waals surface area contributed by atoms with Crippen molar-refractivity contribution < 1.29 is 0 Å². The highest BCUT2D eigenvalue weighted by Crippen LogP contribution is 2.28. The Balaban J connectivity index is 1.81. The monoisotopic (exact) mass is 392 g/mol. The molecule has 0 saturated heterocycles. The van der Waals surface area contributed by atoms with Crippen molar-refractivity contribution in [2.24, 2.45) is 0 Å². The van der Waals surface area contributed by atoms with Crippen molar-refractivity contribution in [3.8, 4) is 11.3 Å². The van der Waals surface area contributed by atoms with Gasteiger partial charge in [-0.3, -0.25) is 9.88 Å². The molecule has 0 saturated carbocycles. The van der Waals surface area contributed by atoms with E-state index in [1.54, 1.807) is 0 Å². The maximum Gasteiger partial charge on any atom is 0.0710 e. The minimum absolute atomic E-state index is 0.786. The van der Waals surface area contributed by atoms with Crippen LogP contribution in [-0.2, 0) is 25.9 Å². The first-order chi connectivity index (χ1) is 13.5. The van der Waals surface area contributed by atoms with Crippen LogP contribution >= 0.6 is 11.6 Å². The minimum atomic E-state index is 0.786. The van der Waals surface area contributed by atoms with Crippen LogP contribution in [0.15, 0.2) is 54.6 Å². The maximum atomic E-state index is 6.11. The summed E-state index contributed by atoms with van der Waals surface area (Å²) in [6, 6.07) is 19.1. The molecule has 2 nitrogen and oxygen atoms in total. The standard InChI is InChI=1S/C25H29ClN2/c1-5-20-10-8-11-21(6-2)25(20)24-14-13-22(18(3)27-24)17-28(4)16-19-9-7-12-23(26)15-19/h7-15H,5-6,16-17H2,1-4H3. The quantitative estimate of drug-likeness (QED) is 0.458. The topological polar surface area (TPSA) is 16.1 Å². The van der Waals surface area contributed by atoms with Gasteiger partial charge in [-0.15, -0.1) is 0 Å². The highest BCUT2D eigenvalue weighted by molar-refractivity contribution is 6.30. The number of hydrogen-bond acceptors (Lipinski definition) is 2. The molecule has 1 aromatic heterocycles. The molecule has 0 N–H and O–H groups in total. The Morgan fingerprint density at radius 3 is 2.14 bits per heavy atom. The summed E-state index contributed by atoms with van der Waals surface area (Å²) >= 11 is 6.11. The van der Waals surface area contributed by atoms with Gasteiger partial charge >= 0.3 is 0 Å². The van der Waals surface area contributed by atoms with Crippen molar-refractivity contribution in [2.75, 3.05) is 7.05 Å². The number of pyridine rings is 1. The fourth-order valence-electron chi connectivity index (χ4n) is 3.76. The molecule has 0 aliphatic heterocycles. The van der Waals surface area contributed by atoms with Gasteiger partial charge in [-0.2, -0.15) is 0 Å². The van der Waals surface area contributed by atoms with Gasteiger partial charge in [0.1, 0.15) is 0 Å². The summed E-state index contributed by atoms with van der Waals surface area (Å²) in [6.07, 6.45) is 2.04. The van der Waals surface area contributed by atoms with E-state index in [4.69, 9.17) is 16.6 Å². The number of halogens is 1. The van der Waals surface area contributed by atoms with Crippen molar-refractivity contribution in [1.29, 1.82) is 0 Å². The summed E-state index contributed by atoms with van der Waals surface area (Å²) in [5.74, 6) is 0. The van der Waals surface area contributed by atoms with Gasteiger partial charge in [-0.1, -0.05) is 61.8 Å². The first-order valence-corrected chi connectivity index (χ1v) is 10.4. The summed E-state index contributed by atoms with van der Waals surface area (Å²) < 4.78 is 0. The fraction of sp³-hybridized carbons (Fsp3) is 0.320. The van der Waals surface area contributed by atoms with Crippen LogP contribution in [0.2, 0.25) is 5.02 Å². The average Bonchev–Trinajstić information content (AvgIpc) is 2.68. The Morgan fingerprint density at radius 2 is 1.54 bits per heavy atom. The Morgan fingerprint density at radius 1 is 0.857 bits per heavy atom. The molecular weight excluding hydrogens is 364 g/mol. The Bertz CT molecular complexity index is 927. The summed E-state index contributed by atoms with van der Waals surface area (Å²) in [4.78, 5) is 7.29. The molecule has 3 rings (SSSR count). The van der Waals surface area contributed by atoms with E-state index in [1.807, 2.05) is 18.2 Å². The molecule has 0 fully saturated rings. The van der Waals surface area contributed by atoms with E-state index in [-0.39, 0.29) is 0 Å². The molecule has 146 valence electrons. The lowest BCUT2D eigenvalue weighted by molar-refractivity contribution is 0.318. The molecule has 1 heterocycles. The van der Waals surface area contributed by atoms with Crippen LogP contribution in [-0.4, -0.2) is 16.9 Å².